The van der Waals surface area contributed by atoms with Gasteiger partial charge in [0, 0.05) is 6.08 Å². The van der Waals surface area contributed by atoms with Crippen molar-refractivity contribution in [3.05, 3.63) is 24.3 Å². The van der Waals surface area contributed by atoms with Crippen LogP contribution in [0.1, 0.15) is 52.9 Å². The first-order valence-corrected chi connectivity index (χ1v) is 8.49. The Labute approximate surface area is 134 Å². The lowest BCUT2D eigenvalue weighted by Crippen LogP contribution is -2.51. The number of hydrogen-bond donors (Lipinski definition) is 2. The Morgan fingerprint density at radius 1 is 1.41 bits per heavy atom. The van der Waals surface area contributed by atoms with Crippen molar-refractivity contribution in [3.63, 3.8) is 0 Å². The molecule has 0 radical (unpaired) electrons. The van der Waals surface area contributed by atoms with E-state index in [9.17, 15) is 9.90 Å². The highest BCUT2D eigenvalue weighted by Gasteiger charge is 2.52. The van der Waals surface area contributed by atoms with Crippen molar-refractivity contribution in [3.8, 4) is 0 Å². The number of aliphatic carboxylic acids is 1. The first kappa shape index (κ1) is 17.3. The van der Waals surface area contributed by atoms with E-state index in [1.807, 2.05) is 13.0 Å². The van der Waals surface area contributed by atoms with Gasteiger partial charge in [0.05, 0.1) is 6.10 Å². The third kappa shape index (κ3) is 3.15. The van der Waals surface area contributed by atoms with Crippen LogP contribution in [0.5, 0.6) is 0 Å². The lowest BCUT2D eigenvalue weighted by Gasteiger charge is -2.56. The summed E-state index contributed by atoms with van der Waals surface area (Å²) < 4.78 is 0. The van der Waals surface area contributed by atoms with E-state index in [-0.39, 0.29) is 11.5 Å². The zero-order valence-electron chi connectivity index (χ0n) is 14.1. The van der Waals surface area contributed by atoms with E-state index >= 15 is 0 Å². The monoisotopic (exact) mass is 306 g/mol. The quantitative estimate of drug-likeness (QED) is 0.609. The van der Waals surface area contributed by atoms with Crippen LogP contribution in [0.3, 0.4) is 0 Å². The van der Waals surface area contributed by atoms with Crippen molar-refractivity contribution in [1.29, 1.82) is 0 Å². The summed E-state index contributed by atoms with van der Waals surface area (Å²) in [6.45, 7) is 10.4. The molecule has 0 heterocycles. The molecule has 3 heteroatoms. The van der Waals surface area contributed by atoms with Crippen molar-refractivity contribution < 1.29 is 15.0 Å². The van der Waals surface area contributed by atoms with Gasteiger partial charge < -0.3 is 10.2 Å². The van der Waals surface area contributed by atoms with Gasteiger partial charge in [-0.05, 0) is 68.1 Å². The average Bonchev–Trinajstić information content (AvgIpc) is 2.43. The van der Waals surface area contributed by atoms with E-state index in [0.717, 1.165) is 37.7 Å². The molecule has 0 saturated heterocycles. The molecule has 2 aliphatic rings. The lowest BCUT2D eigenvalue weighted by molar-refractivity contribution is -0.131. The molecule has 2 aliphatic carbocycles. The van der Waals surface area contributed by atoms with Gasteiger partial charge in [-0.15, -0.1) is 6.58 Å². The molecule has 0 aliphatic heterocycles. The van der Waals surface area contributed by atoms with Gasteiger partial charge in [0.15, 0.2) is 0 Å². The Morgan fingerprint density at radius 3 is 2.68 bits per heavy atom. The van der Waals surface area contributed by atoms with Gasteiger partial charge >= 0.3 is 5.97 Å². The summed E-state index contributed by atoms with van der Waals surface area (Å²) in [6.07, 6.45) is 7.95. The third-order valence-corrected chi connectivity index (χ3v) is 6.53. The first-order chi connectivity index (χ1) is 10.3. The Hall–Kier alpha value is -1.09. The van der Waals surface area contributed by atoms with Crippen LogP contribution in [0.2, 0.25) is 0 Å². The van der Waals surface area contributed by atoms with Crippen LogP contribution in [0.4, 0.5) is 0 Å². The molecule has 6 atom stereocenters. The summed E-state index contributed by atoms with van der Waals surface area (Å²) in [4.78, 5) is 10.9. The minimum absolute atomic E-state index is 0.184. The molecule has 0 spiro atoms. The van der Waals surface area contributed by atoms with Crippen LogP contribution < -0.4 is 0 Å². The van der Waals surface area contributed by atoms with Crippen LogP contribution in [-0.4, -0.2) is 22.3 Å². The molecular formula is C19H30O3. The minimum Gasteiger partial charge on any atom is -0.478 e. The second-order valence-electron chi connectivity index (χ2n) is 7.71. The fourth-order valence-electron chi connectivity index (χ4n) is 5.05. The Balaban J connectivity index is 2.24. The van der Waals surface area contributed by atoms with E-state index in [2.05, 4.69) is 20.4 Å². The zero-order chi connectivity index (χ0) is 16.5. The van der Waals surface area contributed by atoms with E-state index < -0.39 is 5.97 Å². The predicted molar refractivity (Wildman–Crippen MR) is 88.4 cm³/mol. The third-order valence-electron chi connectivity index (χ3n) is 6.53. The number of allylic oxidation sites excluding steroid dienone is 2. The van der Waals surface area contributed by atoms with Gasteiger partial charge in [-0.2, -0.15) is 0 Å². The van der Waals surface area contributed by atoms with Crippen molar-refractivity contribution in [2.75, 3.05) is 0 Å². The van der Waals surface area contributed by atoms with E-state index in [1.165, 1.54) is 6.08 Å². The first-order valence-electron chi connectivity index (χ1n) is 8.49. The standard InChI is InChI=1S/C19H30O3/c1-5-6-15-16-8-7-14(12(2)9-18(21)22)11-19(16,4)13(3)10-17(15)20/h5,9,13-17,20H,1,6-8,10-11H2,2-4H3,(H,21,22)/b12-9+/t13-,14-,15+,16+,17-,19+/m1/s1. The van der Waals surface area contributed by atoms with Crippen molar-refractivity contribution in [1.82, 2.24) is 0 Å². The summed E-state index contributed by atoms with van der Waals surface area (Å²) in [5, 5.41) is 19.5. The largest absolute Gasteiger partial charge is 0.478 e. The average molecular weight is 306 g/mol. The van der Waals surface area contributed by atoms with E-state index in [1.54, 1.807) is 0 Å². The number of hydrogen-bond acceptors (Lipinski definition) is 2. The summed E-state index contributed by atoms with van der Waals surface area (Å²) >= 11 is 0. The lowest BCUT2D eigenvalue weighted by atomic mass is 9.49. The number of aliphatic hydroxyl groups is 1. The molecule has 0 unspecified atom stereocenters. The molecule has 124 valence electrons. The normalized spacial score (nSPS) is 42.5. The van der Waals surface area contributed by atoms with Crippen LogP contribution in [-0.2, 0) is 4.79 Å². The summed E-state index contributed by atoms with van der Waals surface area (Å²) in [6, 6.07) is 0. The summed E-state index contributed by atoms with van der Waals surface area (Å²) in [5.41, 5.74) is 1.18. The molecule has 2 N–H and O–H groups in total. The Morgan fingerprint density at radius 2 is 2.09 bits per heavy atom. The molecule has 0 aromatic heterocycles. The Kier molecular flexibility index (Phi) is 5.16. The van der Waals surface area contributed by atoms with Gasteiger partial charge in [0.1, 0.15) is 0 Å². The maximum atomic E-state index is 10.9. The highest BCUT2D eigenvalue weighted by atomic mass is 16.4. The van der Waals surface area contributed by atoms with Gasteiger partial charge in [0.25, 0.3) is 0 Å². The molecule has 0 amide bonds. The van der Waals surface area contributed by atoms with Crippen LogP contribution in [0.15, 0.2) is 24.3 Å². The Bertz CT molecular complexity index is 467. The zero-order valence-corrected chi connectivity index (χ0v) is 14.1. The summed E-state index contributed by atoms with van der Waals surface area (Å²) in [5.74, 6) is 0.802. The number of carboxylic acids is 1. The van der Waals surface area contributed by atoms with Gasteiger partial charge in [0.2, 0.25) is 0 Å². The molecular weight excluding hydrogens is 276 g/mol. The van der Waals surface area contributed by atoms with Crippen LogP contribution in [0.25, 0.3) is 0 Å². The van der Waals surface area contributed by atoms with Crippen molar-refractivity contribution in [2.24, 2.45) is 29.1 Å². The fourth-order valence-corrected chi connectivity index (χ4v) is 5.05. The maximum Gasteiger partial charge on any atom is 0.328 e. The predicted octanol–water partition coefficient (Wildman–Crippen LogP) is 4.03. The summed E-state index contributed by atoms with van der Waals surface area (Å²) in [7, 11) is 0. The fraction of sp³-hybridized carbons (Fsp3) is 0.737. The molecule has 0 aromatic rings. The van der Waals surface area contributed by atoms with E-state index in [0.29, 0.717) is 23.7 Å². The molecule has 2 fully saturated rings. The molecule has 22 heavy (non-hydrogen) atoms. The van der Waals surface area contributed by atoms with Crippen molar-refractivity contribution in [2.45, 2.75) is 59.0 Å². The molecule has 0 aromatic carbocycles. The van der Waals surface area contributed by atoms with Crippen molar-refractivity contribution >= 4 is 5.97 Å². The SMILES string of the molecule is C=CC[C@@H]1[C@H](O)C[C@@H](C)[C@]2(C)C[C@H](/C(C)=C/C(=O)O)CC[C@@H]12. The second-order valence-corrected chi connectivity index (χ2v) is 7.71. The molecule has 2 saturated carbocycles. The molecule has 3 nitrogen and oxygen atoms in total. The number of aliphatic hydroxyl groups excluding tert-OH is 1. The number of carbonyl (C=O) groups is 1. The van der Waals surface area contributed by atoms with Crippen LogP contribution >= 0.6 is 0 Å². The highest BCUT2D eigenvalue weighted by molar-refractivity contribution is 5.80. The van der Waals surface area contributed by atoms with E-state index in [4.69, 9.17) is 5.11 Å². The van der Waals surface area contributed by atoms with Gasteiger partial charge in [-0.1, -0.05) is 25.5 Å². The number of fused-ring (bicyclic) bond motifs is 1. The topological polar surface area (TPSA) is 57.5 Å². The van der Waals surface area contributed by atoms with Crippen LogP contribution in [0, 0.1) is 29.1 Å². The second kappa shape index (κ2) is 6.57. The van der Waals surface area contributed by atoms with Gasteiger partial charge in [-0.25, -0.2) is 4.79 Å². The smallest absolute Gasteiger partial charge is 0.328 e. The molecule has 2 rings (SSSR count). The van der Waals surface area contributed by atoms with Gasteiger partial charge in [-0.3, -0.25) is 0 Å². The number of rotatable bonds is 4. The molecule has 0 bridgehead atoms. The highest BCUT2D eigenvalue weighted by Crippen LogP contribution is 2.58. The minimum atomic E-state index is -0.846. The number of carboxylic acid groups (broad SMARTS) is 1. The maximum absolute atomic E-state index is 10.9.